The molecule has 0 radical (unpaired) electrons. The summed E-state index contributed by atoms with van der Waals surface area (Å²) < 4.78 is 5.29. The number of furan rings is 1. The molecule has 1 aromatic heterocycles. The van der Waals surface area contributed by atoms with Crippen LogP contribution in [0, 0.1) is 0 Å². The topological polar surface area (TPSA) is 104 Å². The predicted molar refractivity (Wildman–Crippen MR) is 87.4 cm³/mol. The molecular weight excluding hydrogens is 297 g/mol. The van der Waals surface area contributed by atoms with Crippen LogP contribution in [0.1, 0.15) is 21.7 Å². The van der Waals surface area contributed by atoms with Gasteiger partial charge < -0.3 is 4.42 Å². The van der Waals surface area contributed by atoms with Crippen molar-refractivity contribution in [2.24, 2.45) is 5.10 Å². The molecule has 2 rings (SSSR count). The molecule has 0 bridgehead atoms. The highest BCUT2D eigenvalue weighted by molar-refractivity contribution is 6.29. The van der Waals surface area contributed by atoms with Gasteiger partial charge in [0.15, 0.2) is 7.85 Å². The SMILES string of the molecule is Bc1ccc(/C=N/NC(=O)c2cccc(/C=C/C(=O)NO)c2)o1. The van der Waals surface area contributed by atoms with Gasteiger partial charge in [-0.05, 0) is 35.9 Å². The maximum Gasteiger partial charge on any atom is 0.271 e. The molecule has 2 amide bonds. The molecule has 1 heterocycles. The summed E-state index contributed by atoms with van der Waals surface area (Å²) in [5.41, 5.74) is 5.64. The van der Waals surface area contributed by atoms with Crippen LogP contribution in [0.15, 0.2) is 52.0 Å². The molecule has 2 aromatic rings. The van der Waals surface area contributed by atoms with E-state index >= 15 is 0 Å². The quantitative estimate of drug-likeness (QED) is 0.234. The number of hydrazone groups is 1. The predicted octanol–water partition coefficient (Wildman–Crippen LogP) is -0.180. The Kier molecular flexibility index (Phi) is 5.48. The van der Waals surface area contributed by atoms with E-state index in [1.807, 2.05) is 7.85 Å². The third kappa shape index (κ3) is 4.97. The highest BCUT2D eigenvalue weighted by Gasteiger charge is 2.04. The van der Waals surface area contributed by atoms with E-state index in [4.69, 9.17) is 9.62 Å². The number of benzene rings is 1. The van der Waals surface area contributed by atoms with Crippen LogP contribution in [0.25, 0.3) is 6.08 Å². The number of carbonyl (C=O) groups is 2. The zero-order chi connectivity index (χ0) is 16.7. The summed E-state index contributed by atoms with van der Waals surface area (Å²) in [5.74, 6) is -0.515. The van der Waals surface area contributed by atoms with Crippen LogP contribution in [0.2, 0.25) is 0 Å². The lowest BCUT2D eigenvalue weighted by atomic mass is 10.1. The number of carbonyl (C=O) groups excluding carboxylic acids is 2. The third-order valence-electron chi connectivity index (χ3n) is 2.81. The van der Waals surface area contributed by atoms with Gasteiger partial charge in [-0.2, -0.15) is 5.10 Å². The van der Waals surface area contributed by atoms with E-state index in [-0.39, 0.29) is 0 Å². The molecule has 0 atom stereocenters. The van der Waals surface area contributed by atoms with Crippen molar-refractivity contribution < 1.29 is 19.2 Å². The van der Waals surface area contributed by atoms with E-state index in [1.165, 1.54) is 17.8 Å². The van der Waals surface area contributed by atoms with Crippen molar-refractivity contribution in [2.45, 2.75) is 0 Å². The molecule has 1 aromatic carbocycles. The molecule has 7 nitrogen and oxygen atoms in total. The van der Waals surface area contributed by atoms with E-state index in [0.717, 1.165) is 11.7 Å². The highest BCUT2D eigenvalue weighted by Crippen LogP contribution is 2.07. The lowest BCUT2D eigenvalue weighted by Gasteiger charge is -2.01. The smallest absolute Gasteiger partial charge is 0.271 e. The van der Waals surface area contributed by atoms with Crippen LogP contribution in [-0.4, -0.2) is 31.1 Å². The fraction of sp³-hybridized carbons (Fsp3) is 0. The summed E-state index contributed by atoms with van der Waals surface area (Å²) in [6, 6.07) is 10.1. The standard InChI is InChI=1S/C15H14BN3O4/c16-13-6-5-12(23-13)9-17-18-15(21)11-3-1-2-10(8-11)4-7-14(20)19-22/h1-9,22H,16H2,(H,18,21)(H,19,20)/b7-4+,17-9+. The summed E-state index contributed by atoms with van der Waals surface area (Å²) in [6.45, 7) is 0. The first-order valence-electron chi connectivity index (χ1n) is 6.70. The minimum absolute atomic E-state index is 0.379. The van der Waals surface area contributed by atoms with Crippen molar-refractivity contribution in [3.63, 3.8) is 0 Å². The van der Waals surface area contributed by atoms with Gasteiger partial charge in [-0.3, -0.25) is 14.8 Å². The molecule has 0 fully saturated rings. The molecule has 0 saturated carbocycles. The molecule has 0 aliphatic heterocycles. The zero-order valence-corrected chi connectivity index (χ0v) is 12.3. The Morgan fingerprint density at radius 2 is 2.09 bits per heavy atom. The van der Waals surface area contributed by atoms with E-state index < -0.39 is 11.8 Å². The Balaban J connectivity index is 2.00. The van der Waals surface area contributed by atoms with Gasteiger partial charge in [0.05, 0.1) is 11.9 Å². The number of nitrogens with one attached hydrogen (secondary N) is 2. The largest absolute Gasteiger partial charge is 0.471 e. The number of nitrogens with zero attached hydrogens (tertiary/aromatic N) is 1. The number of hydroxylamine groups is 1. The molecule has 0 saturated heterocycles. The maximum atomic E-state index is 12.0. The molecule has 8 heteroatoms. The Morgan fingerprint density at radius 3 is 2.78 bits per heavy atom. The van der Waals surface area contributed by atoms with Gasteiger partial charge in [0, 0.05) is 11.6 Å². The minimum Gasteiger partial charge on any atom is -0.471 e. The Morgan fingerprint density at radius 1 is 1.26 bits per heavy atom. The van der Waals surface area contributed by atoms with E-state index in [2.05, 4.69) is 10.5 Å². The third-order valence-corrected chi connectivity index (χ3v) is 2.81. The van der Waals surface area contributed by atoms with E-state index in [0.29, 0.717) is 16.9 Å². The average molecular weight is 311 g/mol. The second kappa shape index (κ2) is 7.76. The van der Waals surface area contributed by atoms with Crippen molar-refractivity contribution >= 4 is 37.6 Å². The molecule has 0 aliphatic carbocycles. The summed E-state index contributed by atoms with van der Waals surface area (Å²) in [7, 11) is 1.81. The fourth-order valence-corrected chi connectivity index (χ4v) is 1.73. The lowest BCUT2D eigenvalue weighted by Crippen LogP contribution is -2.17. The van der Waals surface area contributed by atoms with Gasteiger partial charge in [-0.1, -0.05) is 12.1 Å². The molecule has 23 heavy (non-hydrogen) atoms. The van der Waals surface area contributed by atoms with Crippen LogP contribution in [-0.2, 0) is 4.79 Å². The second-order valence-corrected chi connectivity index (χ2v) is 4.58. The van der Waals surface area contributed by atoms with E-state index in [1.54, 1.807) is 36.4 Å². The highest BCUT2D eigenvalue weighted by atomic mass is 16.5. The van der Waals surface area contributed by atoms with Crippen molar-refractivity contribution in [1.29, 1.82) is 0 Å². The molecular formula is C15H14BN3O4. The summed E-state index contributed by atoms with van der Waals surface area (Å²) in [4.78, 5) is 22.9. The average Bonchev–Trinajstić information content (AvgIpc) is 2.98. The van der Waals surface area contributed by atoms with Crippen LogP contribution in [0.4, 0.5) is 0 Å². The number of hydrogen-bond donors (Lipinski definition) is 3. The second-order valence-electron chi connectivity index (χ2n) is 4.58. The monoisotopic (exact) mass is 311 g/mol. The number of amides is 2. The van der Waals surface area contributed by atoms with Gasteiger partial charge in [-0.25, -0.2) is 10.9 Å². The Hall–Kier alpha value is -3.13. The number of hydrogen-bond acceptors (Lipinski definition) is 5. The van der Waals surface area contributed by atoms with Crippen LogP contribution >= 0.6 is 0 Å². The van der Waals surface area contributed by atoms with Crippen molar-refractivity contribution in [1.82, 2.24) is 10.9 Å². The van der Waals surface area contributed by atoms with Crippen molar-refractivity contribution in [3.8, 4) is 0 Å². The first kappa shape index (κ1) is 16.2. The minimum atomic E-state index is -0.654. The Labute approximate surface area is 133 Å². The summed E-state index contributed by atoms with van der Waals surface area (Å²) in [6.07, 6.45) is 4.02. The normalized spacial score (nSPS) is 11.0. The first-order valence-corrected chi connectivity index (χ1v) is 6.70. The van der Waals surface area contributed by atoms with Crippen LogP contribution in [0.5, 0.6) is 0 Å². The first-order chi connectivity index (χ1) is 11.1. The molecule has 116 valence electrons. The van der Waals surface area contributed by atoms with Crippen LogP contribution in [0.3, 0.4) is 0 Å². The van der Waals surface area contributed by atoms with Gasteiger partial charge in [0.25, 0.3) is 11.8 Å². The van der Waals surface area contributed by atoms with Gasteiger partial charge in [0.2, 0.25) is 0 Å². The van der Waals surface area contributed by atoms with Gasteiger partial charge in [-0.15, -0.1) is 0 Å². The van der Waals surface area contributed by atoms with Gasteiger partial charge in [0.1, 0.15) is 5.76 Å². The molecule has 0 unspecified atom stereocenters. The van der Waals surface area contributed by atoms with Crippen LogP contribution < -0.4 is 16.6 Å². The van der Waals surface area contributed by atoms with Crippen molar-refractivity contribution in [2.75, 3.05) is 0 Å². The lowest BCUT2D eigenvalue weighted by molar-refractivity contribution is -0.124. The molecule has 0 aliphatic rings. The fourth-order valence-electron chi connectivity index (χ4n) is 1.73. The number of rotatable bonds is 5. The molecule has 3 N–H and O–H groups in total. The molecule has 0 spiro atoms. The summed E-state index contributed by atoms with van der Waals surface area (Å²) in [5, 5.41) is 12.2. The Bertz CT molecular complexity index is 768. The zero-order valence-electron chi connectivity index (χ0n) is 12.3. The maximum absolute atomic E-state index is 12.0. The summed E-state index contributed by atoms with van der Waals surface area (Å²) >= 11 is 0. The van der Waals surface area contributed by atoms with E-state index in [9.17, 15) is 9.59 Å². The van der Waals surface area contributed by atoms with Gasteiger partial charge >= 0.3 is 0 Å². The van der Waals surface area contributed by atoms with Crippen molar-refractivity contribution in [3.05, 3.63) is 59.4 Å².